The minimum Gasteiger partial charge on any atom is -0.369 e. The fraction of sp³-hybridized carbons (Fsp3) is 0.500. The first kappa shape index (κ1) is 17.7. The van der Waals surface area contributed by atoms with Gasteiger partial charge >= 0.3 is 0 Å². The summed E-state index contributed by atoms with van der Waals surface area (Å²) in [5.74, 6) is 0.937. The third-order valence-electron chi connectivity index (χ3n) is 5.58. The predicted octanol–water partition coefficient (Wildman–Crippen LogP) is 1.72. The van der Waals surface area contributed by atoms with Crippen molar-refractivity contribution in [2.24, 2.45) is 5.73 Å². The van der Waals surface area contributed by atoms with E-state index in [0.717, 1.165) is 38.1 Å². The molecule has 0 unspecified atom stereocenters. The number of hydrogen-bond acceptors (Lipinski definition) is 4. The molecule has 0 spiro atoms. The number of amides is 2. The van der Waals surface area contributed by atoms with E-state index in [1.54, 1.807) is 0 Å². The number of likely N-dealkylation sites (tertiary alicyclic amines) is 1. The molecular weight excluding hydrogens is 342 g/mol. The van der Waals surface area contributed by atoms with Gasteiger partial charge in [0.25, 0.3) is 0 Å². The highest BCUT2D eigenvalue weighted by atomic mass is 16.2. The average molecular weight is 367 g/mol. The highest BCUT2D eigenvalue weighted by Gasteiger charge is 2.36. The number of rotatable bonds is 5. The number of fused-ring (bicyclic) bond motifs is 1. The van der Waals surface area contributed by atoms with Crippen molar-refractivity contribution in [2.75, 3.05) is 6.54 Å². The molecule has 2 N–H and O–H groups in total. The fourth-order valence-corrected chi connectivity index (χ4v) is 4.35. The van der Waals surface area contributed by atoms with Gasteiger partial charge in [0.2, 0.25) is 11.8 Å². The normalized spacial score (nSPS) is 19.4. The van der Waals surface area contributed by atoms with Crippen molar-refractivity contribution < 1.29 is 9.59 Å². The molecule has 7 heteroatoms. The van der Waals surface area contributed by atoms with Gasteiger partial charge in [-0.25, -0.2) is 9.67 Å². The molecule has 0 saturated carbocycles. The van der Waals surface area contributed by atoms with E-state index in [9.17, 15) is 9.59 Å². The minimum atomic E-state index is -0.443. The number of primary amides is 1. The zero-order valence-corrected chi connectivity index (χ0v) is 15.6. The number of hydrogen-bond donors (Lipinski definition) is 1. The van der Waals surface area contributed by atoms with Gasteiger partial charge < -0.3 is 10.6 Å². The van der Waals surface area contributed by atoms with E-state index in [1.807, 2.05) is 16.5 Å². The van der Waals surface area contributed by atoms with Crippen LogP contribution in [0.1, 0.15) is 61.0 Å². The van der Waals surface area contributed by atoms with Crippen LogP contribution < -0.4 is 5.73 Å². The van der Waals surface area contributed by atoms with E-state index in [-0.39, 0.29) is 24.4 Å². The maximum Gasteiger partial charge on any atom is 0.225 e. The van der Waals surface area contributed by atoms with Crippen molar-refractivity contribution in [2.45, 2.75) is 57.5 Å². The summed E-state index contributed by atoms with van der Waals surface area (Å²) < 4.78 is 1.96. The highest BCUT2D eigenvalue weighted by molar-refractivity contribution is 5.76. The topological polar surface area (TPSA) is 94.1 Å². The Balaban J connectivity index is 1.69. The summed E-state index contributed by atoms with van der Waals surface area (Å²) in [6.07, 6.45) is 4.11. The minimum absolute atomic E-state index is 0.0219. The third kappa shape index (κ3) is 3.34. The molecule has 1 fully saturated rings. The van der Waals surface area contributed by atoms with E-state index < -0.39 is 5.91 Å². The Hall–Kier alpha value is -2.70. The van der Waals surface area contributed by atoms with Crippen molar-refractivity contribution in [3.05, 3.63) is 47.0 Å². The molecule has 2 heterocycles. The van der Waals surface area contributed by atoms with E-state index in [4.69, 9.17) is 5.73 Å². The van der Waals surface area contributed by atoms with Crippen LogP contribution in [-0.2, 0) is 28.9 Å². The second kappa shape index (κ2) is 7.13. The molecule has 2 amide bonds. The Kier molecular flexibility index (Phi) is 4.68. The maximum absolute atomic E-state index is 12.4. The Labute approximate surface area is 158 Å². The van der Waals surface area contributed by atoms with Gasteiger partial charge in [-0.1, -0.05) is 31.2 Å². The molecule has 0 bridgehead atoms. The first-order chi connectivity index (χ1) is 13.1. The van der Waals surface area contributed by atoms with Gasteiger partial charge in [0.05, 0.1) is 18.5 Å². The van der Waals surface area contributed by atoms with Crippen molar-refractivity contribution in [3.8, 4) is 0 Å². The van der Waals surface area contributed by atoms with E-state index >= 15 is 0 Å². The molecule has 1 atom stereocenters. The lowest BCUT2D eigenvalue weighted by atomic mass is 10.1. The lowest BCUT2D eigenvalue weighted by molar-refractivity contribution is -0.132. The molecule has 1 aromatic heterocycles. The van der Waals surface area contributed by atoms with Crippen LogP contribution in [-0.4, -0.2) is 38.0 Å². The number of carbonyl (C=O) groups excluding carboxylic acids is 2. The van der Waals surface area contributed by atoms with Crippen LogP contribution in [0.3, 0.4) is 0 Å². The Morgan fingerprint density at radius 3 is 2.56 bits per heavy atom. The molecule has 142 valence electrons. The molecule has 7 nitrogen and oxygen atoms in total. The Morgan fingerprint density at radius 2 is 1.93 bits per heavy atom. The van der Waals surface area contributed by atoms with Crippen LogP contribution >= 0.6 is 0 Å². The zero-order valence-electron chi connectivity index (χ0n) is 15.6. The Bertz CT molecular complexity index is 850. The standard InChI is InChI=1S/C20H25N5O2/c1-2-19(27)24-9-5-8-16(24)20-22-18(12-17(21)26)23-25(20)15-10-13-6-3-4-7-14(13)11-15/h3-4,6-7,15-16H,2,5,8-12H2,1H3,(H2,21,26)/t16-/m0/s1. The van der Waals surface area contributed by atoms with Gasteiger partial charge in [-0.05, 0) is 36.8 Å². The molecule has 27 heavy (non-hydrogen) atoms. The van der Waals surface area contributed by atoms with Gasteiger partial charge in [0.15, 0.2) is 5.82 Å². The summed E-state index contributed by atoms with van der Waals surface area (Å²) in [6.45, 7) is 2.63. The van der Waals surface area contributed by atoms with Crippen molar-refractivity contribution in [3.63, 3.8) is 0 Å². The molecule has 2 aliphatic rings. The summed E-state index contributed by atoms with van der Waals surface area (Å²) in [6, 6.07) is 8.50. The molecule has 2 aromatic rings. The van der Waals surface area contributed by atoms with Gasteiger partial charge in [0.1, 0.15) is 5.82 Å². The number of benzene rings is 1. The maximum atomic E-state index is 12.4. The quantitative estimate of drug-likeness (QED) is 0.870. The number of carbonyl (C=O) groups is 2. The monoisotopic (exact) mass is 367 g/mol. The number of aromatic nitrogens is 3. The second-order valence-electron chi connectivity index (χ2n) is 7.40. The van der Waals surface area contributed by atoms with Crippen molar-refractivity contribution >= 4 is 11.8 Å². The van der Waals surface area contributed by atoms with Gasteiger partial charge in [0, 0.05) is 13.0 Å². The third-order valence-corrected chi connectivity index (χ3v) is 5.58. The van der Waals surface area contributed by atoms with E-state index in [2.05, 4.69) is 34.3 Å². The smallest absolute Gasteiger partial charge is 0.225 e. The molecule has 1 aliphatic carbocycles. The van der Waals surface area contributed by atoms with Crippen LogP contribution in [0, 0.1) is 0 Å². The van der Waals surface area contributed by atoms with Crippen LogP contribution in [0.5, 0.6) is 0 Å². The first-order valence-electron chi connectivity index (χ1n) is 9.66. The molecule has 4 rings (SSSR count). The van der Waals surface area contributed by atoms with Crippen LogP contribution in [0.4, 0.5) is 0 Å². The molecule has 1 saturated heterocycles. The first-order valence-corrected chi connectivity index (χ1v) is 9.66. The summed E-state index contributed by atoms with van der Waals surface area (Å²) in [5, 5.41) is 4.65. The summed E-state index contributed by atoms with van der Waals surface area (Å²) in [7, 11) is 0. The van der Waals surface area contributed by atoms with E-state index in [1.165, 1.54) is 11.1 Å². The Morgan fingerprint density at radius 1 is 1.22 bits per heavy atom. The predicted molar refractivity (Wildman–Crippen MR) is 99.8 cm³/mol. The van der Waals surface area contributed by atoms with E-state index in [0.29, 0.717) is 12.2 Å². The fourth-order valence-electron chi connectivity index (χ4n) is 4.35. The lowest BCUT2D eigenvalue weighted by Crippen LogP contribution is -2.32. The van der Waals surface area contributed by atoms with Gasteiger partial charge in [-0.2, -0.15) is 5.10 Å². The summed E-state index contributed by atoms with van der Waals surface area (Å²) >= 11 is 0. The van der Waals surface area contributed by atoms with Crippen molar-refractivity contribution in [1.82, 2.24) is 19.7 Å². The van der Waals surface area contributed by atoms with Crippen molar-refractivity contribution in [1.29, 1.82) is 0 Å². The number of nitrogens with two attached hydrogens (primary N) is 1. The molecule has 1 aliphatic heterocycles. The highest BCUT2D eigenvalue weighted by Crippen LogP contribution is 2.36. The largest absolute Gasteiger partial charge is 0.369 e. The zero-order chi connectivity index (χ0) is 19.0. The second-order valence-corrected chi connectivity index (χ2v) is 7.40. The van der Waals surface area contributed by atoms with Crippen LogP contribution in [0.2, 0.25) is 0 Å². The summed E-state index contributed by atoms with van der Waals surface area (Å²) in [4.78, 5) is 30.4. The molecular formula is C20H25N5O2. The number of nitrogens with zero attached hydrogens (tertiary/aromatic N) is 4. The average Bonchev–Trinajstić information content (AvgIpc) is 3.37. The molecule has 1 aromatic carbocycles. The summed E-state index contributed by atoms with van der Waals surface area (Å²) in [5.41, 5.74) is 8.02. The SMILES string of the molecule is CCC(=O)N1CCC[C@H]1c1nc(CC(N)=O)nn1C1Cc2ccccc2C1. The lowest BCUT2D eigenvalue weighted by Gasteiger charge is -2.25. The van der Waals surface area contributed by atoms with Crippen LogP contribution in [0.25, 0.3) is 0 Å². The molecule has 0 radical (unpaired) electrons. The van der Waals surface area contributed by atoms with Gasteiger partial charge in [-0.3, -0.25) is 9.59 Å². The van der Waals surface area contributed by atoms with Gasteiger partial charge in [-0.15, -0.1) is 0 Å². The van der Waals surface area contributed by atoms with Crippen LogP contribution in [0.15, 0.2) is 24.3 Å².